The summed E-state index contributed by atoms with van der Waals surface area (Å²) in [6.45, 7) is 3.73. The Bertz CT molecular complexity index is 811. The van der Waals surface area contributed by atoms with Crippen LogP contribution in [0.15, 0.2) is 22.8 Å². The molecule has 0 heterocycles. The molecule has 1 fully saturated rings. The summed E-state index contributed by atoms with van der Waals surface area (Å²) in [6.07, 6.45) is 4.49. The first-order valence-corrected chi connectivity index (χ1v) is 8.69. The van der Waals surface area contributed by atoms with E-state index in [4.69, 9.17) is 4.74 Å². The van der Waals surface area contributed by atoms with Crippen LogP contribution in [0.1, 0.15) is 46.0 Å². The van der Waals surface area contributed by atoms with Crippen LogP contribution in [0.25, 0.3) is 0 Å². The van der Waals surface area contributed by atoms with Gasteiger partial charge in [0.1, 0.15) is 0 Å². The molecule has 2 rings (SSSR count). The summed E-state index contributed by atoms with van der Waals surface area (Å²) in [7, 11) is 0. The molecule has 0 saturated heterocycles. The van der Waals surface area contributed by atoms with Crippen molar-refractivity contribution in [2.75, 3.05) is 6.61 Å². The molecule has 132 valence electrons. The standard InChI is InChI=1S/C20H20N4O2/c1-3-26-18(25)9-8-16-14(2)15-6-4-5-7-17(15)20(12-23,13-24)19(16,10-21)11-22/h8,17H,3-7,9H2,1-2H3/b16-8-. The maximum atomic E-state index is 11.8. The van der Waals surface area contributed by atoms with Gasteiger partial charge >= 0.3 is 5.97 Å². The van der Waals surface area contributed by atoms with Gasteiger partial charge in [-0.15, -0.1) is 0 Å². The minimum absolute atomic E-state index is 0.115. The average molecular weight is 348 g/mol. The number of fused-ring (bicyclic) bond motifs is 1. The highest BCUT2D eigenvalue weighted by Crippen LogP contribution is 2.60. The van der Waals surface area contributed by atoms with E-state index < -0.39 is 22.7 Å². The fourth-order valence-corrected chi connectivity index (χ4v) is 4.25. The molecule has 0 aliphatic heterocycles. The van der Waals surface area contributed by atoms with Crippen molar-refractivity contribution >= 4 is 5.97 Å². The van der Waals surface area contributed by atoms with Gasteiger partial charge < -0.3 is 4.74 Å². The first-order chi connectivity index (χ1) is 12.5. The monoisotopic (exact) mass is 348 g/mol. The summed E-state index contributed by atoms with van der Waals surface area (Å²) in [6, 6.07) is 7.99. The second-order valence-corrected chi connectivity index (χ2v) is 6.58. The van der Waals surface area contributed by atoms with Gasteiger partial charge in [-0.1, -0.05) is 18.1 Å². The van der Waals surface area contributed by atoms with E-state index in [1.165, 1.54) is 6.08 Å². The number of carbonyl (C=O) groups excluding carboxylic acids is 1. The number of ether oxygens (including phenoxy) is 1. The van der Waals surface area contributed by atoms with Crippen LogP contribution in [-0.2, 0) is 9.53 Å². The maximum absolute atomic E-state index is 11.8. The molecule has 6 nitrogen and oxygen atoms in total. The van der Waals surface area contributed by atoms with Gasteiger partial charge in [0.05, 0.1) is 37.3 Å². The Kier molecular flexibility index (Phi) is 5.50. The van der Waals surface area contributed by atoms with Crippen molar-refractivity contribution in [3.05, 3.63) is 22.8 Å². The zero-order valence-electron chi connectivity index (χ0n) is 15.0. The molecule has 2 aliphatic rings. The van der Waals surface area contributed by atoms with Crippen LogP contribution in [0.5, 0.6) is 0 Å². The van der Waals surface area contributed by atoms with Crippen LogP contribution in [-0.4, -0.2) is 12.6 Å². The third-order valence-corrected chi connectivity index (χ3v) is 5.48. The lowest BCUT2D eigenvalue weighted by Crippen LogP contribution is -2.50. The normalized spacial score (nSPS) is 24.4. The van der Waals surface area contributed by atoms with Gasteiger partial charge in [-0.25, -0.2) is 0 Å². The van der Waals surface area contributed by atoms with Crippen molar-refractivity contribution < 1.29 is 9.53 Å². The van der Waals surface area contributed by atoms with Crippen LogP contribution in [0.2, 0.25) is 0 Å². The Balaban J connectivity index is 2.76. The van der Waals surface area contributed by atoms with Crippen LogP contribution in [0.4, 0.5) is 0 Å². The predicted octanol–water partition coefficient (Wildman–Crippen LogP) is 3.45. The Morgan fingerprint density at radius 3 is 2.38 bits per heavy atom. The highest BCUT2D eigenvalue weighted by Gasteiger charge is 2.64. The van der Waals surface area contributed by atoms with E-state index in [0.29, 0.717) is 12.0 Å². The third kappa shape index (κ3) is 2.56. The summed E-state index contributed by atoms with van der Waals surface area (Å²) >= 11 is 0. The lowest BCUT2D eigenvalue weighted by Gasteiger charge is -2.47. The molecule has 0 radical (unpaired) electrons. The topological polar surface area (TPSA) is 121 Å². The van der Waals surface area contributed by atoms with Crippen LogP contribution < -0.4 is 0 Å². The summed E-state index contributed by atoms with van der Waals surface area (Å²) in [4.78, 5) is 11.8. The van der Waals surface area contributed by atoms with Crippen LogP contribution in [0.3, 0.4) is 0 Å². The van der Waals surface area contributed by atoms with E-state index >= 15 is 0 Å². The summed E-state index contributed by atoms with van der Waals surface area (Å²) in [5.41, 5.74) is -1.71. The largest absolute Gasteiger partial charge is 0.466 e. The van der Waals surface area contributed by atoms with E-state index in [0.717, 1.165) is 30.4 Å². The average Bonchev–Trinajstić information content (AvgIpc) is 2.67. The first-order valence-electron chi connectivity index (χ1n) is 8.69. The molecule has 0 aromatic heterocycles. The quantitative estimate of drug-likeness (QED) is 0.720. The fourth-order valence-electron chi connectivity index (χ4n) is 4.25. The SMILES string of the molecule is CCOC(=O)C/C=C1/C(C)=C2CCCCC2C(C#N)(C#N)C1(C#N)C#N. The van der Waals surface area contributed by atoms with Gasteiger partial charge in [0, 0.05) is 5.92 Å². The highest BCUT2D eigenvalue weighted by molar-refractivity contribution is 5.72. The number of carbonyl (C=O) groups is 1. The van der Waals surface area contributed by atoms with E-state index in [9.17, 15) is 25.8 Å². The van der Waals surface area contributed by atoms with E-state index in [2.05, 4.69) is 0 Å². The van der Waals surface area contributed by atoms with Gasteiger partial charge in [-0.2, -0.15) is 21.0 Å². The second kappa shape index (κ2) is 7.43. The summed E-state index contributed by atoms with van der Waals surface area (Å²) < 4.78 is 4.92. The first kappa shape index (κ1) is 19.2. The molecule has 0 aromatic rings. The number of esters is 1. The lowest BCUT2D eigenvalue weighted by molar-refractivity contribution is -0.142. The van der Waals surface area contributed by atoms with E-state index in [1.807, 2.05) is 31.2 Å². The van der Waals surface area contributed by atoms with Crippen LogP contribution >= 0.6 is 0 Å². The Labute approximate surface area is 153 Å². The van der Waals surface area contributed by atoms with Gasteiger partial charge in [0.2, 0.25) is 5.41 Å². The van der Waals surface area contributed by atoms with Gasteiger partial charge in [-0.05, 0) is 44.3 Å². The van der Waals surface area contributed by atoms with Gasteiger partial charge in [0.15, 0.2) is 5.41 Å². The smallest absolute Gasteiger partial charge is 0.309 e. The molecular formula is C20H20N4O2. The fraction of sp³-hybridized carbons (Fsp3) is 0.550. The molecular weight excluding hydrogens is 328 g/mol. The Morgan fingerprint density at radius 1 is 1.19 bits per heavy atom. The zero-order valence-corrected chi connectivity index (χ0v) is 15.0. The zero-order chi connectivity index (χ0) is 19.4. The molecule has 1 saturated carbocycles. The molecule has 0 bridgehead atoms. The molecule has 0 N–H and O–H groups in total. The molecule has 2 aliphatic carbocycles. The second-order valence-electron chi connectivity index (χ2n) is 6.58. The van der Waals surface area contributed by atoms with E-state index in [-0.39, 0.29) is 13.0 Å². The van der Waals surface area contributed by atoms with Crippen molar-refractivity contribution in [3.63, 3.8) is 0 Å². The van der Waals surface area contributed by atoms with Crippen molar-refractivity contribution in [2.24, 2.45) is 16.7 Å². The lowest BCUT2D eigenvalue weighted by atomic mass is 9.48. The molecule has 1 atom stereocenters. The molecule has 0 aromatic carbocycles. The Morgan fingerprint density at radius 2 is 1.85 bits per heavy atom. The van der Waals surface area contributed by atoms with Gasteiger partial charge in [0.25, 0.3) is 0 Å². The summed E-state index contributed by atoms with van der Waals surface area (Å²) in [5, 5.41) is 39.7. The number of rotatable bonds is 3. The number of nitriles is 4. The molecule has 1 unspecified atom stereocenters. The van der Waals surface area contributed by atoms with Crippen LogP contribution in [0, 0.1) is 62.1 Å². The maximum Gasteiger partial charge on any atom is 0.309 e. The van der Waals surface area contributed by atoms with Crippen molar-refractivity contribution in [3.8, 4) is 24.3 Å². The van der Waals surface area contributed by atoms with E-state index in [1.54, 1.807) is 6.92 Å². The molecule has 0 spiro atoms. The highest BCUT2D eigenvalue weighted by atomic mass is 16.5. The summed E-state index contributed by atoms with van der Waals surface area (Å²) in [5.74, 6) is -0.918. The minimum Gasteiger partial charge on any atom is -0.466 e. The Hall–Kier alpha value is -3.09. The number of hydrogen-bond donors (Lipinski definition) is 0. The third-order valence-electron chi connectivity index (χ3n) is 5.48. The number of nitrogens with zero attached hydrogens (tertiary/aromatic N) is 4. The molecule has 0 amide bonds. The van der Waals surface area contributed by atoms with Crippen molar-refractivity contribution in [2.45, 2.75) is 46.0 Å². The minimum atomic E-state index is -1.93. The van der Waals surface area contributed by atoms with Crippen molar-refractivity contribution in [1.29, 1.82) is 21.0 Å². The molecule has 6 heteroatoms. The predicted molar refractivity (Wildman–Crippen MR) is 91.3 cm³/mol. The number of hydrogen-bond acceptors (Lipinski definition) is 6. The number of allylic oxidation sites excluding steroid dienone is 3. The van der Waals surface area contributed by atoms with Gasteiger partial charge in [-0.3, -0.25) is 4.79 Å². The van der Waals surface area contributed by atoms with Crippen molar-refractivity contribution in [1.82, 2.24) is 0 Å². The molecule has 26 heavy (non-hydrogen) atoms.